The highest BCUT2D eigenvalue weighted by atomic mass is 16.6. The quantitative estimate of drug-likeness (QED) is 0.622. The molecule has 0 radical (unpaired) electrons. The zero-order valence-electron chi connectivity index (χ0n) is 16.1. The van der Waals surface area contributed by atoms with Crippen molar-refractivity contribution in [2.45, 2.75) is 37.4 Å². The van der Waals surface area contributed by atoms with Crippen molar-refractivity contribution >= 4 is 6.09 Å². The van der Waals surface area contributed by atoms with Crippen LogP contribution in [0.4, 0.5) is 4.79 Å². The number of fused-ring (bicyclic) bond motifs is 3. The molecule has 2 aliphatic rings. The lowest BCUT2D eigenvalue weighted by Crippen LogP contribution is -2.60. The summed E-state index contributed by atoms with van der Waals surface area (Å²) in [6.45, 7) is 1.47. The van der Waals surface area contributed by atoms with E-state index in [1.165, 1.54) is 0 Å². The Labute approximate surface area is 168 Å². The van der Waals surface area contributed by atoms with Gasteiger partial charge in [-0.1, -0.05) is 55.5 Å². The first-order valence-electron chi connectivity index (χ1n) is 9.75. The van der Waals surface area contributed by atoms with Crippen LogP contribution in [0.25, 0.3) is 11.1 Å². The highest BCUT2D eigenvalue weighted by Gasteiger charge is 2.42. The summed E-state index contributed by atoms with van der Waals surface area (Å²) in [6, 6.07) is 16.0. The number of hydrogen-bond acceptors (Lipinski definition) is 6. The maximum Gasteiger partial charge on any atom is 0.409 e. The molecule has 1 saturated heterocycles. The molecule has 2 unspecified atom stereocenters. The first-order chi connectivity index (χ1) is 14.0. The van der Waals surface area contributed by atoms with E-state index in [1.54, 1.807) is 6.92 Å². The summed E-state index contributed by atoms with van der Waals surface area (Å²) in [5.41, 5.74) is 4.46. The van der Waals surface area contributed by atoms with Crippen LogP contribution in [0.2, 0.25) is 0 Å². The summed E-state index contributed by atoms with van der Waals surface area (Å²) in [5, 5.41) is 32.1. The molecule has 0 saturated carbocycles. The Hall–Kier alpha value is -2.45. The fraction of sp³-hybridized carbons (Fsp3) is 0.409. The second-order valence-corrected chi connectivity index (χ2v) is 7.59. The summed E-state index contributed by atoms with van der Waals surface area (Å²) in [6.07, 6.45) is -5.04. The summed E-state index contributed by atoms with van der Waals surface area (Å²) >= 11 is 0. The summed E-state index contributed by atoms with van der Waals surface area (Å²) < 4.78 is 10.9. The van der Waals surface area contributed by atoms with Crippen molar-refractivity contribution in [2.75, 3.05) is 13.2 Å². The molecule has 154 valence electrons. The second-order valence-electron chi connectivity index (χ2n) is 7.59. The number of amides is 1. The van der Waals surface area contributed by atoms with Crippen LogP contribution < -0.4 is 5.32 Å². The average Bonchev–Trinajstić information content (AvgIpc) is 3.06. The zero-order chi connectivity index (χ0) is 20.5. The number of hydrogen-bond donors (Lipinski definition) is 4. The van der Waals surface area contributed by atoms with E-state index in [-0.39, 0.29) is 19.1 Å². The topological polar surface area (TPSA) is 108 Å². The lowest BCUT2D eigenvalue weighted by atomic mass is 9.90. The standard InChI is InChI=1S/C22H25NO6/c1-12-18(10-24)29-21(20(26)19(12)25)23-22(27)28-11-17-15-8-4-2-6-13(15)14-7-3-5-9-16(14)17/h2-9,12,17-21,24-26H,10-11H2,1H3,(H,23,27)/t12-,18?,19+,20?,21+/m1/s1. The Morgan fingerprint density at radius 3 is 2.21 bits per heavy atom. The van der Waals surface area contributed by atoms with Gasteiger partial charge in [0.2, 0.25) is 0 Å². The molecule has 0 aromatic heterocycles. The number of nitrogens with one attached hydrogen (secondary N) is 1. The largest absolute Gasteiger partial charge is 0.448 e. The average molecular weight is 399 g/mol. The normalized spacial score (nSPS) is 28.5. The van der Waals surface area contributed by atoms with Crippen LogP contribution in [-0.4, -0.2) is 59.2 Å². The third-order valence-electron chi connectivity index (χ3n) is 5.89. The van der Waals surface area contributed by atoms with E-state index < -0.39 is 36.6 Å². The highest BCUT2D eigenvalue weighted by Crippen LogP contribution is 2.44. The maximum atomic E-state index is 12.4. The van der Waals surface area contributed by atoms with E-state index in [4.69, 9.17) is 9.47 Å². The molecule has 1 heterocycles. The summed E-state index contributed by atoms with van der Waals surface area (Å²) in [4.78, 5) is 12.4. The number of carbonyl (C=O) groups excluding carboxylic acids is 1. The van der Waals surface area contributed by atoms with Gasteiger partial charge in [-0.2, -0.15) is 0 Å². The molecule has 2 aromatic carbocycles. The van der Waals surface area contributed by atoms with Gasteiger partial charge in [-0.3, -0.25) is 5.32 Å². The fourth-order valence-corrected chi connectivity index (χ4v) is 4.19. The Bertz CT molecular complexity index is 840. The molecule has 4 rings (SSSR count). The number of aliphatic hydroxyl groups excluding tert-OH is 3. The first-order valence-corrected chi connectivity index (χ1v) is 9.75. The molecule has 29 heavy (non-hydrogen) atoms. The Morgan fingerprint density at radius 2 is 1.62 bits per heavy atom. The Kier molecular flexibility index (Phi) is 5.56. The SMILES string of the molecule is C[C@@H]1C(CO)O[C@H](NC(=O)OCC2c3ccccc3-c3ccccc32)C(O)[C@H]1O. The number of rotatable bonds is 4. The smallest absolute Gasteiger partial charge is 0.409 e. The van der Waals surface area contributed by atoms with Crippen LogP contribution in [0, 0.1) is 5.92 Å². The van der Waals surface area contributed by atoms with Gasteiger partial charge in [-0.25, -0.2) is 4.79 Å². The first kappa shape index (κ1) is 19.8. The van der Waals surface area contributed by atoms with Gasteiger partial charge < -0.3 is 24.8 Å². The molecule has 1 fully saturated rings. The number of carbonyl (C=O) groups is 1. The molecule has 5 atom stereocenters. The molecule has 7 nitrogen and oxygen atoms in total. The third kappa shape index (κ3) is 3.62. The van der Waals surface area contributed by atoms with E-state index in [0.29, 0.717) is 0 Å². The Balaban J connectivity index is 1.43. The molecule has 0 bridgehead atoms. The number of ether oxygens (including phenoxy) is 2. The van der Waals surface area contributed by atoms with E-state index >= 15 is 0 Å². The van der Waals surface area contributed by atoms with Crippen molar-refractivity contribution in [3.8, 4) is 11.1 Å². The number of aliphatic hydroxyl groups is 3. The van der Waals surface area contributed by atoms with Crippen molar-refractivity contribution in [3.63, 3.8) is 0 Å². The van der Waals surface area contributed by atoms with Gasteiger partial charge in [0.05, 0.1) is 18.8 Å². The van der Waals surface area contributed by atoms with Crippen molar-refractivity contribution in [1.29, 1.82) is 0 Å². The minimum atomic E-state index is -1.31. The Morgan fingerprint density at radius 1 is 1.03 bits per heavy atom. The van der Waals surface area contributed by atoms with Gasteiger partial charge in [0.1, 0.15) is 12.7 Å². The van der Waals surface area contributed by atoms with Crippen LogP contribution in [0.1, 0.15) is 24.0 Å². The van der Waals surface area contributed by atoms with Crippen LogP contribution in [0.3, 0.4) is 0 Å². The van der Waals surface area contributed by atoms with E-state index in [0.717, 1.165) is 22.3 Å². The number of benzene rings is 2. The van der Waals surface area contributed by atoms with E-state index in [1.807, 2.05) is 36.4 Å². The molecule has 1 amide bonds. The van der Waals surface area contributed by atoms with Gasteiger partial charge in [-0.15, -0.1) is 0 Å². The minimum Gasteiger partial charge on any atom is -0.448 e. The predicted molar refractivity (Wildman–Crippen MR) is 105 cm³/mol. The molecule has 1 aliphatic heterocycles. The van der Waals surface area contributed by atoms with Crippen LogP contribution in [0.15, 0.2) is 48.5 Å². The van der Waals surface area contributed by atoms with Crippen molar-refractivity contribution in [1.82, 2.24) is 5.32 Å². The molecule has 1 aliphatic carbocycles. The lowest BCUT2D eigenvalue weighted by molar-refractivity contribution is -0.210. The predicted octanol–water partition coefficient (Wildman–Crippen LogP) is 1.60. The van der Waals surface area contributed by atoms with Gasteiger partial charge in [0.25, 0.3) is 0 Å². The maximum absolute atomic E-state index is 12.4. The van der Waals surface area contributed by atoms with Gasteiger partial charge in [0, 0.05) is 11.8 Å². The molecule has 4 N–H and O–H groups in total. The van der Waals surface area contributed by atoms with Gasteiger partial charge in [-0.05, 0) is 22.3 Å². The molecular formula is C22H25NO6. The molecular weight excluding hydrogens is 374 g/mol. The van der Waals surface area contributed by atoms with Gasteiger partial charge >= 0.3 is 6.09 Å². The summed E-state index contributed by atoms with van der Waals surface area (Å²) in [5.74, 6) is -0.545. The van der Waals surface area contributed by atoms with Crippen LogP contribution >= 0.6 is 0 Å². The minimum absolute atomic E-state index is 0.0823. The molecule has 0 spiro atoms. The second kappa shape index (κ2) is 8.12. The van der Waals surface area contributed by atoms with Crippen LogP contribution in [0.5, 0.6) is 0 Å². The van der Waals surface area contributed by atoms with Crippen LogP contribution in [-0.2, 0) is 9.47 Å². The number of alkyl carbamates (subject to hydrolysis) is 1. The van der Waals surface area contributed by atoms with Crippen molar-refractivity contribution in [2.24, 2.45) is 5.92 Å². The van der Waals surface area contributed by atoms with Crippen molar-refractivity contribution in [3.05, 3.63) is 59.7 Å². The zero-order valence-corrected chi connectivity index (χ0v) is 16.1. The van der Waals surface area contributed by atoms with Gasteiger partial charge in [0.15, 0.2) is 6.23 Å². The monoisotopic (exact) mass is 399 g/mol. The van der Waals surface area contributed by atoms with Crippen molar-refractivity contribution < 1.29 is 29.6 Å². The van der Waals surface area contributed by atoms with E-state index in [9.17, 15) is 20.1 Å². The summed E-state index contributed by atoms with van der Waals surface area (Å²) in [7, 11) is 0. The molecule has 2 aromatic rings. The third-order valence-corrected chi connectivity index (χ3v) is 5.89. The fourth-order valence-electron chi connectivity index (χ4n) is 4.19. The highest BCUT2D eigenvalue weighted by molar-refractivity contribution is 5.79. The lowest BCUT2D eigenvalue weighted by Gasteiger charge is -2.40. The molecule has 7 heteroatoms. The van der Waals surface area contributed by atoms with E-state index in [2.05, 4.69) is 17.4 Å².